The summed E-state index contributed by atoms with van der Waals surface area (Å²) in [6, 6.07) is 0. The van der Waals surface area contributed by atoms with Crippen LogP contribution in [0.25, 0.3) is 4.96 Å². The van der Waals surface area contributed by atoms with Crippen molar-refractivity contribution in [2.45, 2.75) is 0 Å². The lowest BCUT2D eigenvalue weighted by Crippen LogP contribution is -2.31. The number of hydrogen-bond donors (Lipinski definition) is 1. The van der Waals surface area contributed by atoms with Crippen molar-refractivity contribution in [1.82, 2.24) is 9.38 Å². The van der Waals surface area contributed by atoms with Crippen LogP contribution in [0.2, 0.25) is 0 Å². The minimum absolute atomic E-state index is 0.0334. The van der Waals surface area contributed by atoms with E-state index in [1.165, 1.54) is 11.3 Å². The Bertz CT molecular complexity index is 545. The molecule has 0 unspecified atom stereocenters. The van der Waals surface area contributed by atoms with E-state index in [1.54, 1.807) is 22.5 Å². The van der Waals surface area contributed by atoms with Gasteiger partial charge >= 0.3 is 0 Å². The molecule has 16 heavy (non-hydrogen) atoms. The van der Waals surface area contributed by atoms with Crippen LogP contribution in [0.3, 0.4) is 0 Å². The molecule has 0 bridgehead atoms. The third-order valence-electron chi connectivity index (χ3n) is 2.15. The quantitative estimate of drug-likeness (QED) is 0.768. The summed E-state index contributed by atoms with van der Waals surface area (Å²) in [5.74, 6) is 0.0105. The van der Waals surface area contributed by atoms with Gasteiger partial charge in [0.25, 0.3) is 0 Å². The zero-order chi connectivity index (χ0) is 11.7. The van der Waals surface area contributed by atoms with Gasteiger partial charge in [0, 0.05) is 18.6 Å². The van der Waals surface area contributed by atoms with Gasteiger partial charge in [0.05, 0.1) is 6.54 Å². The number of carbonyl (C=O) groups is 2. The second-order valence-electron chi connectivity index (χ2n) is 3.32. The monoisotopic (exact) mass is 238 g/mol. The second-order valence-corrected chi connectivity index (χ2v) is 4.19. The molecule has 84 valence electrons. The van der Waals surface area contributed by atoms with Gasteiger partial charge in [0.1, 0.15) is 5.69 Å². The molecule has 6 nitrogen and oxygen atoms in total. The number of nitrogens with zero attached hydrogens (tertiary/aromatic N) is 3. The van der Waals surface area contributed by atoms with Crippen LogP contribution in [0.1, 0.15) is 10.5 Å². The van der Waals surface area contributed by atoms with Gasteiger partial charge in [-0.05, 0) is 0 Å². The standard InChI is InChI=1S/C9H10N4O2S/c1-12(4-7(10)15)8-6(5-14)13-2-3-16-9(13)11-8/h2-3,5H,4H2,1H3,(H2,10,15). The number of primary amides is 1. The molecule has 2 rings (SSSR count). The zero-order valence-electron chi connectivity index (χ0n) is 8.58. The number of likely N-dealkylation sites (N-methyl/N-ethyl adjacent to an activating group) is 1. The molecule has 2 aromatic heterocycles. The van der Waals surface area contributed by atoms with Crippen LogP contribution in [0, 0.1) is 0 Å². The number of amides is 1. The van der Waals surface area contributed by atoms with Crippen molar-refractivity contribution in [3.05, 3.63) is 17.3 Å². The lowest BCUT2D eigenvalue weighted by Gasteiger charge is -2.14. The molecule has 0 saturated carbocycles. The highest BCUT2D eigenvalue weighted by molar-refractivity contribution is 7.15. The third kappa shape index (κ3) is 1.65. The first-order chi connectivity index (χ1) is 7.63. The first-order valence-electron chi connectivity index (χ1n) is 4.53. The molecule has 1 amide bonds. The SMILES string of the molecule is CN(CC(N)=O)c1nc2sccn2c1C=O. The number of aromatic nitrogens is 2. The fourth-order valence-electron chi connectivity index (χ4n) is 1.49. The van der Waals surface area contributed by atoms with E-state index in [-0.39, 0.29) is 6.54 Å². The Balaban J connectivity index is 2.46. The number of thiazole rings is 1. The fourth-order valence-corrected chi connectivity index (χ4v) is 2.21. The second kappa shape index (κ2) is 3.93. The van der Waals surface area contributed by atoms with Crippen LogP contribution in [0.15, 0.2) is 11.6 Å². The van der Waals surface area contributed by atoms with Crippen molar-refractivity contribution in [2.75, 3.05) is 18.5 Å². The van der Waals surface area contributed by atoms with Crippen molar-refractivity contribution in [1.29, 1.82) is 0 Å². The van der Waals surface area contributed by atoms with Crippen LogP contribution < -0.4 is 10.6 Å². The molecule has 0 saturated heterocycles. The van der Waals surface area contributed by atoms with E-state index in [0.29, 0.717) is 16.5 Å². The van der Waals surface area contributed by atoms with E-state index in [4.69, 9.17) is 5.73 Å². The molecule has 0 aromatic carbocycles. The number of anilines is 1. The van der Waals surface area contributed by atoms with Crippen molar-refractivity contribution < 1.29 is 9.59 Å². The highest BCUT2D eigenvalue weighted by atomic mass is 32.1. The highest BCUT2D eigenvalue weighted by Gasteiger charge is 2.16. The van der Waals surface area contributed by atoms with Crippen LogP contribution in [0.4, 0.5) is 5.82 Å². The first kappa shape index (κ1) is 10.6. The minimum atomic E-state index is -0.462. The third-order valence-corrected chi connectivity index (χ3v) is 2.90. The maximum absolute atomic E-state index is 11.0. The summed E-state index contributed by atoms with van der Waals surface area (Å²) >= 11 is 1.42. The predicted octanol–water partition coefficient (Wildman–Crippen LogP) is 0.130. The molecule has 0 radical (unpaired) electrons. The molecular weight excluding hydrogens is 228 g/mol. The summed E-state index contributed by atoms with van der Waals surface area (Å²) in [6.45, 7) is 0.0334. The Morgan fingerprint density at radius 1 is 1.75 bits per heavy atom. The molecule has 0 aliphatic heterocycles. The van der Waals surface area contributed by atoms with E-state index in [0.717, 1.165) is 6.29 Å². The van der Waals surface area contributed by atoms with Crippen LogP contribution in [0.5, 0.6) is 0 Å². The Morgan fingerprint density at radius 3 is 3.12 bits per heavy atom. The van der Waals surface area contributed by atoms with Crippen molar-refractivity contribution >= 4 is 34.3 Å². The van der Waals surface area contributed by atoms with Crippen LogP contribution >= 0.6 is 11.3 Å². The molecular formula is C9H10N4O2S. The maximum Gasteiger partial charge on any atom is 0.236 e. The number of nitrogens with two attached hydrogens (primary N) is 1. The molecule has 0 aliphatic rings. The number of rotatable bonds is 4. The number of fused-ring (bicyclic) bond motifs is 1. The molecule has 0 fully saturated rings. The first-order valence-corrected chi connectivity index (χ1v) is 5.41. The van der Waals surface area contributed by atoms with Gasteiger partial charge in [-0.1, -0.05) is 0 Å². The molecule has 2 N–H and O–H groups in total. The van der Waals surface area contributed by atoms with Gasteiger partial charge in [0.15, 0.2) is 17.1 Å². The van der Waals surface area contributed by atoms with E-state index >= 15 is 0 Å². The maximum atomic E-state index is 11.0. The van der Waals surface area contributed by atoms with Gasteiger partial charge < -0.3 is 10.6 Å². The molecule has 2 aromatic rings. The van der Waals surface area contributed by atoms with Crippen molar-refractivity contribution in [2.24, 2.45) is 5.73 Å². The number of carbonyl (C=O) groups excluding carboxylic acids is 2. The summed E-state index contributed by atoms with van der Waals surface area (Å²) in [5.41, 5.74) is 5.52. The predicted molar refractivity (Wildman–Crippen MR) is 60.9 cm³/mol. The van der Waals surface area contributed by atoms with Crippen LogP contribution in [-0.2, 0) is 4.79 Å². The Morgan fingerprint density at radius 2 is 2.50 bits per heavy atom. The smallest absolute Gasteiger partial charge is 0.236 e. The molecule has 7 heteroatoms. The normalized spacial score (nSPS) is 10.6. The summed E-state index contributed by atoms with van der Waals surface area (Å²) in [6.07, 6.45) is 2.48. The van der Waals surface area contributed by atoms with Gasteiger partial charge in [-0.25, -0.2) is 4.98 Å². The fraction of sp³-hybridized carbons (Fsp3) is 0.222. The van der Waals surface area contributed by atoms with Gasteiger partial charge in [-0.15, -0.1) is 11.3 Å². The lowest BCUT2D eigenvalue weighted by molar-refractivity contribution is -0.116. The summed E-state index contributed by atoms with van der Waals surface area (Å²) in [5, 5.41) is 1.84. The molecule has 2 heterocycles. The lowest BCUT2D eigenvalue weighted by atomic mass is 10.4. The zero-order valence-corrected chi connectivity index (χ0v) is 9.40. The van der Waals surface area contributed by atoms with Gasteiger partial charge in [0.2, 0.25) is 5.91 Å². The van der Waals surface area contributed by atoms with Crippen LogP contribution in [-0.4, -0.2) is 35.2 Å². The summed E-state index contributed by atoms with van der Waals surface area (Å²) in [7, 11) is 1.67. The number of imidazole rings is 1. The van der Waals surface area contributed by atoms with Gasteiger partial charge in [-0.3, -0.25) is 14.0 Å². The Hall–Kier alpha value is -1.89. The number of hydrogen-bond acceptors (Lipinski definition) is 5. The van der Waals surface area contributed by atoms with E-state index < -0.39 is 5.91 Å². The minimum Gasteiger partial charge on any atom is -0.368 e. The van der Waals surface area contributed by atoms with E-state index in [9.17, 15) is 9.59 Å². The Labute approximate surface area is 95.3 Å². The van der Waals surface area contributed by atoms with Crippen molar-refractivity contribution in [3.63, 3.8) is 0 Å². The number of aldehydes is 1. The summed E-state index contributed by atoms with van der Waals surface area (Å²) in [4.78, 5) is 28.3. The largest absolute Gasteiger partial charge is 0.368 e. The topological polar surface area (TPSA) is 80.7 Å². The summed E-state index contributed by atoms with van der Waals surface area (Å²) < 4.78 is 1.69. The van der Waals surface area contributed by atoms with E-state index in [1.807, 2.05) is 5.38 Å². The Kier molecular flexibility index (Phi) is 2.61. The van der Waals surface area contributed by atoms with Gasteiger partial charge in [-0.2, -0.15) is 0 Å². The average molecular weight is 238 g/mol. The van der Waals surface area contributed by atoms with E-state index in [2.05, 4.69) is 4.98 Å². The average Bonchev–Trinajstić information content (AvgIpc) is 2.74. The van der Waals surface area contributed by atoms with Crippen molar-refractivity contribution in [3.8, 4) is 0 Å². The highest BCUT2D eigenvalue weighted by Crippen LogP contribution is 2.22. The molecule has 0 atom stereocenters. The molecule has 0 spiro atoms. The molecule has 0 aliphatic carbocycles.